The van der Waals surface area contributed by atoms with E-state index in [0.29, 0.717) is 0 Å². The maximum atomic E-state index is 9.73. The number of rotatable bonds is 6. The Bertz CT molecular complexity index is 152. The molecule has 0 atom stereocenters. The van der Waals surface area contributed by atoms with E-state index in [1.54, 1.807) is 0 Å². The molecule has 1 N–H and O–H groups in total. The molecule has 0 aliphatic carbocycles. The average Bonchev–Trinajstić information content (AvgIpc) is 1.98. The minimum absolute atomic E-state index is 0.0822. The number of aliphatic hydroxyl groups excluding tert-OH is 1. The first-order valence-corrected chi connectivity index (χ1v) is 9.32. The van der Waals surface area contributed by atoms with Crippen LogP contribution in [0, 0.1) is 0 Å². The van der Waals surface area contributed by atoms with Crippen molar-refractivity contribution in [2.45, 2.75) is 16.6 Å². The van der Waals surface area contributed by atoms with Crippen LogP contribution < -0.4 is 0 Å². The fourth-order valence-corrected chi connectivity index (χ4v) is 6.09. The van der Waals surface area contributed by atoms with Crippen LogP contribution in [-0.2, 0) is 0 Å². The van der Waals surface area contributed by atoms with E-state index in [1.807, 2.05) is 47.0 Å². The van der Waals surface area contributed by atoms with Gasteiger partial charge in [0, 0.05) is 45.0 Å². The highest BCUT2D eigenvalue weighted by Gasteiger charge is 2.22. The summed E-state index contributed by atoms with van der Waals surface area (Å²) in [4.78, 5) is 0. The second-order valence-corrected chi connectivity index (χ2v) is 8.46. The molecule has 2 aliphatic heterocycles. The molecule has 0 bridgehead atoms. The van der Waals surface area contributed by atoms with E-state index in [1.165, 1.54) is 23.0 Å². The lowest BCUT2D eigenvalue weighted by Crippen LogP contribution is -2.27. The van der Waals surface area contributed by atoms with Crippen molar-refractivity contribution in [3.8, 4) is 0 Å². The van der Waals surface area contributed by atoms with E-state index < -0.39 is 0 Å². The smallest absolute Gasteiger partial charge is 0.0721 e. The zero-order valence-corrected chi connectivity index (χ0v) is 11.3. The number of thioether (sulfide) groups is 4. The van der Waals surface area contributed by atoms with Crippen LogP contribution >= 0.6 is 47.0 Å². The molecule has 0 aromatic heterocycles. The Balaban J connectivity index is 1.47. The van der Waals surface area contributed by atoms with Crippen LogP contribution in [0.15, 0.2) is 0 Å². The van der Waals surface area contributed by atoms with Crippen molar-refractivity contribution in [3.05, 3.63) is 0 Å². The van der Waals surface area contributed by atoms with Gasteiger partial charge in [0.25, 0.3) is 0 Å². The van der Waals surface area contributed by atoms with E-state index in [9.17, 15) is 5.11 Å². The Morgan fingerprint density at radius 2 is 1.43 bits per heavy atom. The highest BCUT2D eigenvalue weighted by molar-refractivity contribution is 8.08. The minimum Gasteiger partial charge on any atom is -0.391 e. The third-order valence-corrected chi connectivity index (χ3v) is 8.42. The van der Waals surface area contributed by atoms with Gasteiger partial charge in [-0.1, -0.05) is 0 Å². The third-order valence-electron chi connectivity index (χ3n) is 2.26. The van der Waals surface area contributed by atoms with Gasteiger partial charge in [-0.25, -0.2) is 0 Å². The summed E-state index contributed by atoms with van der Waals surface area (Å²) in [7, 11) is 0. The fourth-order valence-electron chi connectivity index (χ4n) is 1.16. The molecule has 0 unspecified atom stereocenters. The Labute approximate surface area is 103 Å². The predicted octanol–water partition coefficient (Wildman–Crippen LogP) is 2.04. The van der Waals surface area contributed by atoms with Gasteiger partial charge in [0.15, 0.2) is 0 Å². The second kappa shape index (κ2) is 6.18. The molecule has 2 rings (SSSR count). The molecule has 0 saturated carbocycles. The van der Waals surface area contributed by atoms with Crippen molar-refractivity contribution in [1.82, 2.24) is 0 Å². The van der Waals surface area contributed by atoms with Crippen molar-refractivity contribution in [2.24, 2.45) is 0 Å². The van der Waals surface area contributed by atoms with E-state index in [4.69, 9.17) is 0 Å². The second-order valence-electron chi connectivity index (χ2n) is 3.64. The van der Waals surface area contributed by atoms with Gasteiger partial charge in [-0.15, -0.1) is 0 Å². The van der Waals surface area contributed by atoms with Gasteiger partial charge in [-0.3, -0.25) is 0 Å². The molecule has 5 heteroatoms. The highest BCUT2D eigenvalue weighted by atomic mass is 32.2. The summed E-state index contributed by atoms with van der Waals surface area (Å²) in [6, 6.07) is 0. The molecule has 2 fully saturated rings. The molecule has 0 aromatic rings. The zero-order chi connectivity index (χ0) is 9.80. The van der Waals surface area contributed by atoms with Gasteiger partial charge in [0.1, 0.15) is 0 Å². The zero-order valence-electron chi connectivity index (χ0n) is 8.05. The summed E-state index contributed by atoms with van der Waals surface area (Å²) in [5, 5.41) is 11.4. The van der Waals surface area contributed by atoms with Crippen LogP contribution in [0.2, 0.25) is 0 Å². The molecule has 0 radical (unpaired) electrons. The van der Waals surface area contributed by atoms with Gasteiger partial charge < -0.3 is 5.11 Å². The fraction of sp³-hybridized carbons (Fsp3) is 1.00. The van der Waals surface area contributed by atoms with Gasteiger partial charge in [0.2, 0.25) is 0 Å². The number of aliphatic hydroxyl groups is 1. The lowest BCUT2D eigenvalue weighted by Gasteiger charge is -2.27. The molecule has 2 aliphatic rings. The average molecular weight is 268 g/mol. The summed E-state index contributed by atoms with van der Waals surface area (Å²) in [6.07, 6.45) is -0.0822. The predicted molar refractivity (Wildman–Crippen MR) is 73.1 cm³/mol. The minimum atomic E-state index is -0.0822. The number of hydrogen-bond donors (Lipinski definition) is 1. The maximum Gasteiger partial charge on any atom is 0.0721 e. The normalized spacial score (nSPS) is 23.6. The first-order valence-electron chi connectivity index (χ1n) is 4.91. The van der Waals surface area contributed by atoms with E-state index in [-0.39, 0.29) is 6.10 Å². The standard InChI is InChI=1S/C9H16OS4/c10-7(1-13-8-3-11-4-8)2-14-9-5-12-6-9/h7-10H,1-6H2. The number of hydrogen-bond acceptors (Lipinski definition) is 5. The molecular formula is C9H16OS4. The van der Waals surface area contributed by atoms with Crippen LogP contribution in [0.1, 0.15) is 0 Å². The molecular weight excluding hydrogens is 252 g/mol. The Kier molecular flexibility index (Phi) is 5.23. The van der Waals surface area contributed by atoms with Crippen LogP contribution in [-0.4, -0.2) is 56.2 Å². The van der Waals surface area contributed by atoms with Crippen molar-refractivity contribution in [3.63, 3.8) is 0 Å². The van der Waals surface area contributed by atoms with Crippen LogP contribution in [0.5, 0.6) is 0 Å². The van der Waals surface area contributed by atoms with E-state index >= 15 is 0 Å². The third kappa shape index (κ3) is 3.74. The lowest BCUT2D eigenvalue weighted by molar-refractivity contribution is 0.225. The molecule has 2 heterocycles. The molecule has 0 spiro atoms. The van der Waals surface area contributed by atoms with Crippen molar-refractivity contribution in [2.75, 3.05) is 34.5 Å². The lowest BCUT2D eigenvalue weighted by atomic mass is 10.5. The molecule has 82 valence electrons. The van der Waals surface area contributed by atoms with Gasteiger partial charge >= 0.3 is 0 Å². The van der Waals surface area contributed by atoms with Gasteiger partial charge in [0.05, 0.1) is 6.10 Å². The Morgan fingerprint density at radius 3 is 1.71 bits per heavy atom. The summed E-state index contributed by atoms with van der Waals surface area (Å²) >= 11 is 7.95. The molecule has 1 nitrogen and oxygen atoms in total. The van der Waals surface area contributed by atoms with E-state index in [2.05, 4.69) is 0 Å². The van der Waals surface area contributed by atoms with Crippen LogP contribution in [0.4, 0.5) is 0 Å². The molecule has 0 aromatic carbocycles. The quantitative estimate of drug-likeness (QED) is 0.793. The molecule has 0 amide bonds. The monoisotopic (exact) mass is 268 g/mol. The largest absolute Gasteiger partial charge is 0.391 e. The van der Waals surface area contributed by atoms with E-state index in [0.717, 1.165) is 22.0 Å². The first-order chi connectivity index (χ1) is 6.84. The summed E-state index contributed by atoms with van der Waals surface area (Å²) in [6.45, 7) is 0. The highest BCUT2D eigenvalue weighted by Crippen LogP contribution is 2.32. The SMILES string of the molecule is OC(CSC1CSC1)CSC1CSC1. The van der Waals surface area contributed by atoms with Gasteiger partial charge in [-0.05, 0) is 0 Å². The molecule has 14 heavy (non-hydrogen) atoms. The topological polar surface area (TPSA) is 20.2 Å². The van der Waals surface area contributed by atoms with Crippen molar-refractivity contribution < 1.29 is 5.11 Å². The Hall–Kier alpha value is 1.36. The summed E-state index contributed by atoms with van der Waals surface area (Å²) in [5.41, 5.74) is 0. The first kappa shape index (κ1) is 11.8. The van der Waals surface area contributed by atoms with Gasteiger partial charge in [-0.2, -0.15) is 47.0 Å². The molecule has 2 saturated heterocycles. The van der Waals surface area contributed by atoms with Crippen molar-refractivity contribution in [1.29, 1.82) is 0 Å². The maximum absolute atomic E-state index is 9.73. The summed E-state index contributed by atoms with van der Waals surface area (Å²) < 4.78 is 0. The summed E-state index contributed by atoms with van der Waals surface area (Å²) in [5.74, 6) is 7.07. The van der Waals surface area contributed by atoms with Crippen molar-refractivity contribution >= 4 is 47.0 Å². The Morgan fingerprint density at radius 1 is 1.00 bits per heavy atom. The van der Waals surface area contributed by atoms with Crippen LogP contribution in [0.3, 0.4) is 0 Å². The van der Waals surface area contributed by atoms with Crippen LogP contribution in [0.25, 0.3) is 0 Å².